The predicted molar refractivity (Wildman–Crippen MR) is 75.5 cm³/mol. The Hall–Kier alpha value is -1.55. The van der Waals surface area contributed by atoms with Gasteiger partial charge in [0.05, 0.1) is 7.11 Å². The molecule has 4 nitrogen and oxygen atoms in total. The average Bonchev–Trinajstić information content (AvgIpc) is 2.77. The predicted octanol–water partition coefficient (Wildman–Crippen LogP) is 1.92. The minimum absolute atomic E-state index is 0.0117. The molecule has 3 N–H and O–H groups in total. The van der Waals surface area contributed by atoms with Crippen molar-refractivity contribution in [3.63, 3.8) is 0 Å². The molecule has 0 heterocycles. The van der Waals surface area contributed by atoms with Gasteiger partial charge in [-0.25, -0.2) is 0 Å². The maximum atomic E-state index is 12.3. The zero-order valence-electron chi connectivity index (χ0n) is 11.8. The van der Waals surface area contributed by atoms with Crippen molar-refractivity contribution in [2.24, 2.45) is 5.73 Å². The molecule has 1 aromatic carbocycles. The molecule has 0 aromatic heterocycles. The first-order valence-corrected chi connectivity index (χ1v) is 6.73. The normalized spacial score (nSPS) is 22.3. The van der Waals surface area contributed by atoms with Gasteiger partial charge in [0.2, 0.25) is 0 Å². The van der Waals surface area contributed by atoms with E-state index < -0.39 is 0 Å². The molecular weight excluding hydrogens is 240 g/mol. The number of hydrogen-bond acceptors (Lipinski definition) is 3. The number of nitrogens with one attached hydrogen (secondary N) is 1. The second-order valence-corrected chi connectivity index (χ2v) is 5.38. The van der Waals surface area contributed by atoms with Crippen molar-refractivity contribution >= 4 is 5.91 Å². The van der Waals surface area contributed by atoms with Gasteiger partial charge in [0.1, 0.15) is 5.75 Å². The molecule has 0 saturated heterocycles. The smallest absolute Gasteiger partial charge is 0.251 e. The number of benzene rings is 1. The van der Waals surface area contributed by atoms with Crippen LogP contribution in [0.4, 0.5) is 0 Å². The lowest BCUT2D eigenvalue weighted by Crippen LogP contribution is -2.34. The lowest BCUT2D eigenvalue weighted by molar-refractivity contribution is 0.0937. The molecule has 19 heavy (non-hydrogen) atoms. The number of ether oxygens (including phenoxy) is 1. The fourth-order valence-corrected chi connectivity index (χ4v) is 2.66. The zero-order valence-corrected chi connectivity index (χ0v) is 11.8. The summed E-state index contributed by atoms with van der Waals surface area (Å²) in [5.74, 6) is 0.805. The van der Waals surface area contributed by atoms with E-state index in [1.54, 1.807) is 7.11 Å². The first-order valence-electron chi connectivity index (χ1n) is 6.73. The van der Waals surface area contributed by atoms with Crippen LogP contribution in [0.3, 0.4) is 0 Å². The molecule has 1 saturated carbocycles. The molecule has 0 bridgehead atoms. The molecule has 0 radical (unpaired) electrons. The lowest BCUT2D eigenvalue weighted by atomic mass is 10.0. The van der Waals surface area contributed by atoms with E-state index in [4.69, 9.17) is 10.5 Å². The third-order valence-corrected chi connectivity index (χ3v) is 3.79. The Morgan fingerprint density at radius 3 is 2.63 bits per heavy atom. The second-order valence-electron chi connectivity index (χ2n) is 5.38. The average molecular weight is 262 g/mol. The van der Waals surface area contributed by atoms with E-state index in [1.807, 2.05) is 26.0 Å². The van der Waals surface area contributed by atoms with Crippen LogP contribution < -0.4 is 15.8 Å². The van der Waals surface area contributed by atoms with Gasteiger partial charge < -0.3 is 15.8 Å². The van der Waals surface area contributed by atoms with Crippen LogP contribution in [-0.2, 0) is 0 Å². The first kappa shape index (κ1) is 13.9. The summed E-state index contributed by atoms with van der Waals surface area (Å²) >= 11 is 0. The Morgan fingerprint density at radius 2 is 2.05 bits per heavy atom. The number of nitrogens with two attached hydrogens (primary N) is 1. The maximum Gasteiger partial charge on any atom is 0.251 e. The maximum absolute atomic E-state index is 12.3. The summed E-state index contributed by atoms with van der Waals surface area (Å²) in [5.41, 5.74) is 8.49. The molecular formula is C15H22N2O2. The summed E-state index contributed by atoms with van der Waals surface area (Å²) in [6.45, 7) is 3.87. The lowest BCUT2D eigenvalue weighted by Gasteiger charge is -2.15. The summed E-state index contributed by atoms with van der Waals surface area (Å²) in [5, 5.41) is 3.07. The van der Waals surface area contributed by atoms with Crippen LogP contribution in [0.2, 0.25) is 0 Å². The van der Waals surface area contributed by atoms with Gasteiger partial charge in [0.25, 0.3) is 5.91 Å². The number of hydrogen-bond donors (Lipinski definition) is 2. The quantitative estimate of drug-likeness (QED) is 0.874. The summed E-state index contributed by atoms with van der Waals surface area (Å²) in [7, 11) is 1.64. The van der Waals surface area contributed by atoms with Crippen molar-refractivity contribution in [3.05, 3.63) is 28.8 Å². The van der Waals surface area contributed by atoms with E-state index in [-0.39, 0.29) is 18.0 Å². The minimum Gasteiger partial charge on any atom is -0.496 e. The van der Waals surface area contributed by atoms with E-state index >= 15 is 0 Å². The third-order valence-electron chi connectivity index (χ3n) is 3.79. The van der Waals surface area contributed by atoms with Gasteiger partial charge in [-0.1, -0.05) is 0 Å². The highest BCUT2D eigenvalue weighted by atomic mass is 16.5. The molecule has 0 spiro atoms. The number of carbonyl (C=O) groups excluding carboxylic acids is 1. The number of methoxy groups -OCH3 is 1. The summed E-state index contributed by atoms with van der Waals surface area (Å²) in [6, 6.07) is 4.23. The Balaban J connectivity index is 2.13. The Labute approximate surface area is 114 Å². The molecule has 104 valence electrons. The number of amides is 1. The van der Waals surface area contributed by atoms with E-state index in [9.17, 15) is 4.79 Å². The molecule has 1 aromatic rings. The van der Waals surface area contributed by atoms with Crippen LogP contribution >= 0.6 is 0 Å². The molecule has 2 unspecified atom stereocenters. The van der Waals surface area contributed by atoms with Crippen LogP contribution in [0, 0.1) is 13.8 Å². The van der Waals surface area contributed by atoms with Gasteiger partial charge in [0.15, 0.2) is 0 Å². The number of carbonyl (C=O) groups is 1. The molecule has 1 aliphatic rings. The van der Waals surface area contributed by atoms with Gasteiger partial charge in [-0.05, 0) is 56.4 Å². The topological polar surface area (TPSA) is 64.3 Å². The van der Waals surface area contributed by atoms with Gasteiger partial charge in [0, 0.05) is 17.6 Å². The molecule has 0 aliphatic heterocycles. The summed E-state index contributed by atoms with van der Waals surface area (Å²) < 4.78 is 5.26. The number of rotatable bonds is 3. The Kier molecular flexibility index (Phi) is 4.10. The minimum atomic E-state index is -0.0117. The van der Waals surface area contributed by atoms with Crippen molar-refractivity contribution in [2.75, 3.05) is 7.11 Å². The monoisotopic (exact) mass is 262 g/mol. The molecule has 1 fully saturated rings. The largest absolute Gasteiger partial charge is 0.496 e. The van der Waals surface area contributed by atoms with E-state index in [0.717, 1.165) is 41.7 Å². The SMILES string of the molecule is COc1cc(C)c(C(=O)NC2CCC(N)C2)cc1C. The zero-order chi connectivity index (χ0) is 14.0. The molecule has 1 aliphatic carbocycles. The standard InChI is InChI=1S/C15H22N2O2/c1-9-7-14(19-3)10(2)6-13(9)15(18)17-12-5-4-11(16)8-12/h6-7,11-12H,4-5,8,16H2,1-3H3,(H,17,18). The van der Waals surface area contributed by atoms with Crippen LogP contribution in [-0.4, -0.2) is 25.1 Å². The number of aryl methyl sites for hydroxylation is 2. The Morgan fingerprint density at radius 1 is 1.32 bits per heavy atom. The van der Waals surface area contributed by atoms with Crippen LogP contribution in [0.15, 0.2) is 12.1 Å². The highest BCUT2D eigenvalue weighted by Gasteiger charge is 2.24. The second kappa shape index (κ2) is 5.61. The third kappa shape index (κ3) is 3.07. The van der Waals surface area contributed by atoms with Gasteiger partial charge in [-0.2, -0.15) is 0 Å². The van der Waals surface area contributed by atoms with Gasteiger partial charge in [-0.3, -0.25) is 4.79 Å². The van der Waals surface area contributed by atoms with Gasteiger partial charge >= 0.3 is 0 Å². The molecule has 2 atom stereocenters. The molecule has 4 heteroatoms. The highest BCUT2D eigenvalue weighted by Crippen LogP contribution is 2.23. The van der Waals surface area contributed by atoms with Crippen LogP contribution in [0.1, 0.15) is 40.7 Å². The Bertz CT molecular complexity index is 485. The van der Waals surface area contributed by atoms with Crippen LogP contribution in [0.5, 0.6) is 5.75 Å². The van der Waals surface area contributed by atoms with E-state index in [2.05, 4.69) is 5.32 Å². The molecule has 2 rings (SSSR count). The van der Waals surface area contributed by atoms with Crippen molar-refractivity contribution in [1.82, 2.24) is 5.32 Å². The highest BCUT2D eigenvalue weighted by molar-refractivity contribution is 5.96. The summed E-state index contributed by atoms with van der Waals surface area (Å²) in [4.78, 5) is 12.3. The fourth-order valence-electron chi connectivity index (χ4n) is 2.66. The van der Waals surface area contributed by atoms with Crippen molar-refractivity contribution in [3.8, 4) is 5.75 Å². The van der Waals surface area contributed by atoms with E-state index in [1.165, 1.54) is 0 Å². The fraction of sp³-hybridized carbons (Fsp3) is 0.533. The first-order chi connectivity index (χ1) is 9.01. The van der Waals surface area contributed by atoms with E-state index in [0.29, 0.717) is 0 Å². The molecule has 1 amide bonds. The van der Waals surface area contributed by atoms with Crippen molar-refractivity contribution in [2.45, 2.75) is 45.2 Å². The van der Waals surface area contributed by atoms with Crippen LogP contribution in [0.25, 0.3) is 0 Å². The van der Waals surface area contributed by atoms with Crippen molar-refractivity contribution in [1.29, 1.82) is 0 Å². The van der Waals surface area contributed by atoms with Gasteiger partial charge in [-0.15, -0.1) is 0 Å². The summed E-state index contributed by atoms with van der Waals surface area (Å²) in [6.07, 6.45) is 2.84. The van der Waals surface area contributed by atoms with Crippen molar-refractivity contribution < 1.29 is 9.53 Å².